The molecule has 0 N–H and O–H groups in total. The number of fused-ring (bicyclic) bond motifs is 1. The van der Waals surface area contributed by atoms with Crippen LogP contribution in [-0.4, -0.2) is 32.1 Å². The number of hydrogen-bond donors (Lipinski definition) is 0. The van der Waals surface area contributed by atoms with Crippen LogP contribution in [0.15, 0.2) is 0 Å². The first kappa shape index (κ1) is 11.4. The van der Waals surface area contributed by atoms with Gasteiger partial charge in [-0.3, -0.25) is 0 Å². The summed E-state index contributed by atoms with van der Waals surface area (Å²) >= 11 is 0. The lowest BCUT2D eigenvalue weighted by atomic mass is 9.93. The summed E-state index contributed by atoms with van der Waals surface area (Å²) in [6.07, 6.45) is 3.79. The molecule has 2 unspecified atom stereocenters. The molecule has 0 aromatic carbocycles. The van der Waals surface area contributed by atoms with Gasteiger partial charge >= 0.3 is 0 Å². The van der Waals surface area contributed by atoms with Gasteiger partial charge in [0.25, 0.3) is 0 Å². The lowest BCUT2D eigenvalue weighted by Gasteiger charge is -2.18. The molecule has 0 amide bonds. The van der Waals surface area contributed by atoms with Gasteiger partial charge in [-0.05, 0) is 36.5 Å². The van der Waals surface area contributed by atoms with Crippen molar-refractivity contribution in [2.24, 2.45) is 23.7 Å². The summed E-state index contributed by atoms with van der Waals surface area (Å²) < 4.78 is 24.5. The van der Waals surface area contributed by atoms with E-state index in [0.717, 1.165) is 24.9 Å². The van der Waals surface area contributed by atoms with E-state index >= 15 is 0 Å². The second kappa shape index (κ2) is 3.74. The third-order valence-electron chi connectivity index (χ3n) is 4.17. The zero-order valence-corrected chi connectivity index (χ0v) is 10.6. The van der Waals surface area contributed by atoms with Gasteiger partial charge in [-0.1, -0.05) is 13.8 Å². The fraction of sp³-hybridized carbons (Fsp3) is 1.00. The standard InChI is InChI=1S/C11H21NO2S/c1-8(2)9-4-10-6-12(15(3,13)14)7-11(10)5-9/h8-11H,4-7H2,1-3H3. The van der Waals surface area contributed by atoms with Crippen LogP contribution in [0.3, 0.4) is 0 Å². The smallest absolute Gasteiger partial charge is 0.211 e. The van der Waals surface area contributed by atoms with Crippen molar-refractivity contribution >= 4 is 10.0 Å². The van der Waals surface area contributed by atoms with Crippen molar-refractivity contribution in [1.82, 2.24) is 4.31 Å². The molecule has 1 heterocycles. The third kappa shape index (κ3) is 2.21. The topological polar surface area (TPSA) is 37.4 Å². The van der Waals surface area contributed by atoms with Crippen molar-refractivity contribution in [2.75, 3.05) is 19.3 Å². The predicted molar refractivity (Wildman–Crippen MR) is 61.0 cm³/mol. The first-order valence-corrected chi connectivity index (χ1v) is 7.68. The normalized spacial score (nSPS) is 37.5. The van der Waals surface area contributed by atoms with Gasteiger partial charge in [-0.15, -0.1) is 0 Å². The summed E-state index contributed by atoms with van der Waals surface area (Å²) in [6.45, 7) is 6.10. The molecule has 1 aliphatic heterocycles. The Morgan fingerprint density at radius 3 is 1.93 bits per heavy atom. The van der Waals surface area contributed by atoms with Crippen LogP contribution in [0, 0.1) is 23.7 Å². The Bertz CT molecular complexity index is 322. The van der Waals surface area contributed by atoms with Crippen LogP contribution >= 0.6 is 0 Å². The minimum absolute atomic E-state index is 0.632. The highest BCUT2D eigenvalue weighted by atomic mass is 32.2. The zero-order valence-electron chi connectivity index (χ0n) is 9.81. The summed E-state index contributed by atoms with van der Waals surface area (Å²) in [7, 11) is -2.95. The maximum absolute atomic E-state index is 11.4. The molecule has 2 rings (SSSR count). The maximum Gasteiger partial charge on any atom is 0.211 e. The van der Waals surface area contributed by atoms with E-state index in [2.05, 4.69) is 13.8 Å². The monoisotopic (exact) mass is 231 g/mol. The minimum atomic E-state index is -2.95. The van der Waals surface area contributed by atoms with Gasteiger partial charge in [0.05, 0.1) is 6.26 Å². The van der Waals surface area contributed by atoms with Crippen LogP contribution < -0.4 is 0 Å². The van der Waals surface area contributed by atoms with Crippen LogP contribution in [-0.2, 0) is 10.0 Å². The molecule has 2 aliphatic rings. The molecule has 0 aromatic heterocycles. The predicted octanol–water partition coefficient (Wildman–Crippen LogP) is 1.56. The van der Waals surface area contributed by atoms with E-state index in [4.69, 9.17) is 0 Å². The van der Waals surface area contributed by atoms with Gasteiger partial charge in [0.15, 0.2) is 0 Å². The van der Waals surface area contributed by atoms with Gasteiger partial charge in [0.2, 0.25) is 10.0 Å². The first-order valence-electron chi connectivity index (χ1n) is 5.83. The molecular formula is C11H21NO2S. The van der Waals surface area contributed by atoms with Crippen LogP contribution in [0.5, 0.6) is 0 Å². The number of nitrogens with zero attached hydrogens (tertiary/aromatic N) is 1. The summed E-state index contributed by atoms with van der Waals surface area (Å²) in [4.78, 5) is 0. The highest BCUT2D eigenvalue weighted by Gasteiger charge is 2.43. The van der Waals surface area contributed by atoms with Crippen LogP contribution in [0.25, 0.3) is 0 Å². The van der Waals surface area contributed by atoms with Gasteiger partial charge in [-0.25, -0.2) is 12.7 Å². The van der Waals surface area contributed by atoms with Crippen molar-refractivity contribution in [1.29, 1.82) is 0 Å². The molecule has 1 saturated heterocycles. The molecule has 0 aromatic rings. The summed E-state index contributed by atoms with van der Waals surface area (Å²) in [6, 6.07) is 0. The van der Waals surface area contributed by atoms with E-state index in [0.29, 0.717) is 11.8 Å². The molecule has 2 atom stereocenters. The van der Waals surface area contributed by atoms with Crippen molar-refractivity contribution in [3.63, 3.8) is 0 Å². The average molecular weight is 231 g/mol. The summed E-state index contributed by atoms with van der Waals surface area (Å²) in [5, 5.41) is 0. The SMILES string of the molecule is CC(C)C1CC2CN(S(C)(=O)=O)CC2C1. The van der Waals surface area contributed by atoms with Gasteiger partial charge < -0.3 is 0 Å². The number of sulfonamides is 1. The Morgan fingerprint density at radius 2 is 1.60 bits per heavy atom. The quantitative estimate of drug-likeness (QED) is 0.723. The molecule has 0 bridgehead atoms. The van der Waals surface area contributed by atoms with Gasteiger partial charge in [-0.2, -0.15) is 0 Å². The van der Waals surface area contributed by atoms with E-state index in [1.54, 1.807) is 4.31 Å². The van der Waals surface area contributed by atoms with E-state index < -0.39 is 10.0 Å². The van der Waals surface area contributed by atoms with Gasteiger partial charge in [0, 0.05) is 13.1 Å². The molecule has 2 fully saturated rings. The molecule has 15 heavy (non-hydrogen) atoms. The van der Waals surface area contributed by atoms with Crippen molar-refractivity contribution in [2.45, 2.75) is 26.7 Å². The number of rotatable bonds is 2. The van der Waals surface area contributed by atoms with Crippen molar-refractivity contribution in [3.05, 3.63) is 0 Å². The Hall–Kier alpha value is -0.0900. The Morgan fingerprint density at radius 1 is 1.13 bits per heavy atom. The molecule has 0 spiro atoms. The molecular weight excluding hydrogens is 210 g/mol. The van der Waals surface area contributed by atoms with E-state index in [9.17, 15) is 8.42 Å². The summed E-state index contributed by atoms with van der Waals surface area (Å²) in [5.74, 6) is 2.84. The second-order valence-corrected chi connectivity index (χ2v) is 7.56. The van der Waals surface area contributed by atoms with E-state index in [1.165, 1.54) is 19.1 Å². The molecule has 3 nitrogen and oxygen atoms in total. The molecule has 0 radical (unpaired) electrons. The highest BCUT2D eigenvalue weighted by molar-refractivity contribution is 7.88. The van der Waals surface area contributed by atoms with E-state index in [-0.39, 0.29) is 0 Å². The second-order valence-electron chi connectivity index (χ2n) is 5.58. The zero-order chi connectivity index (χ0) is 11.2. The highest BCUT2D eigenvalue weighted by Crippen LogP contribution is 2.44. The lowest BCUT2D eigenvalue weighted by Crippen LogP contribution is -2.29. The average Bonchev–Trinajstić information content (AvgIpc) is 2.55. The fourth-order valence-corrected chi connectivity index (χ4v) is 4.04. The Labute approximate surface area is 92.9 Å². The van der Waals surface area contributed by atoms with Crippen molar-refractivity contribution < 1.29 is 8.42 Å². The summed E-state index contributed by atoms with van der Waals surface area (Å²) in [5.41, 5.74) is 0. The Kier molecular flexibility index (Phi) is 2.84. The van der Waals surface area contributed by atoms with Crippen LogP contribution in [0.4, 0.5) is 0 Å². The minimum Gasteiger partial charge on any atom is -0.213 e. The molecule has 1 aliphatic carbocycles. The first-order chi connectivity index (χ1) is 6.88. The molecule has 1 saturated carbocycles. The van der Waals surface area contributed by atoms with E-state index in [1.807, 2.05) is 0 Å². The van der Waals surface area contributed by atoms with Crippen LogP contribution in [0.1, 0.15) is 26.7 Å². The molecule has 4 heteroatoms. The van der Waals surface area contributed by atoms with Crippen molar-refractivity contribution in [3.8, 4) is 0 Å². The largest absolute Gasteiger partial charge is 0.213 e. The van der Waals surface area contributed by atoms with Crippen LogP contribution in [0.2, 0.25) is 0 Å². The van der Waals surface area contributed by atoms with Gasteiger partial charge in [0.1, 0.15) is 0 Å². The third-order valence-corrected chi connectivity index (χ3v) is 5.40. The number of hydrogen-bond acceptors (Lipinski definition) is 2. The fourth-order valence-electron chi connectivity index (χ4n) is 3.12. The lowest BCUT2D eigenvalue weighted by molar-refractivity contribution is 0.345. The molecule has 88 valence electrons. The maximum atomic E-state index is 11.4. The Balaban J connectivity index is 1.99.